The molecule has 2 fully saturated rings. The smallest absolute Gasteiger partial charge is 0.475 e. The van der Waals surface area contributed by atoms with E-state index in [4.69, 9.17) is 14.6 Å². The summed E-state index contributed by atoms with van der Waals surface area (Å²) in [6, 6.07) is 14.1. The van der Waals surface area contributed by atoms with Crippen molar-refractivity contribution in [2.75, 3.05) is 39.8 Å². The van der Waals surface area contributed by atoms with Crippen molar-refractivity contribution in [2.45, 2.75) is 44.1 Å². The Morgan fingerprint density at radius 3 is 2.32 bits per heavy atom. The van der Waals surface area contributed by atoms with Gasteiger partial charge >= 0.3 is 12.1 Å². The zero-order valence-corrected chi connectivity index (χ0v) is 22.1. The minimum Gasteiger partial charge on any atom is -0.475 e. The van der Waals surface area contributed by atoms with Crippen LogP contribution in [0.1, 0.15) is 33.0 Å². The molecule has 38 heavy (non-hydrogen) atoms. The minimum atomic E-state index is -5.08. The molecule has 1 unspecified atom stereocenters. The fourth-order valence-corrected chi connectivity index (χ4v) is 5.37. The van der Waals surface area contributed by atoms with Crippen LogP contribution >= 0.6 is 11.3 Å². The first-order valence-corrected chi connectivity index (χ1v) is 13.0. The molecule has 2 aliphatic rings. The number of carbonyl (C=O) groups is 3. The van der Waals surface area contributed by atoms with E-state index in [-0.39, 0.29) is 17.4 Å². The minimum absolute atomic E-state index is 0.0468. The van der Waals surface area contributed by atoms with E-state index >= 15 is 0 Å². The zero-order chi connectivity index (χ0) is 27.9. The molecule has 0 radical (unpaired) electrons. The second-order valence-corrected chi connectivity index (χ2v) is 10.8. The summed E-state index contributed by atoms with van der Waals surface area (Å²) in [6.07, 6.45) is -3.25. The Morgan fingerprint density at radius 2 is 1.76 bits per heavy atom. The molecule has 1 spiro atoms. The van der Waals surface area contributed by atoms with Crippen LogP contribution in [-0.2, 0) is 20.7 Å². The number of carboxylic acids is 1. The second-order valence-electron chi connectivity index (χ2n) is 9.52. The number of aliphatic carboxylic acids is 1. The van der Waals surface area contributed by atoms with Crippen molar-refractivity contribution in [1.82, 2.24) is 15.1 Å². The first kappa shape index (κ1) is 29.6. The van der Waals surface area contributed by atoms with E-state index < -0.39 is 18.2 Å². The molecular weight excluding hydrogens is 523 g/mol. The highest BCUT2D eigenvalue weighted by Crippen LogP contribution is 2.33. The van der Waals surface area contributed by atoms with Crippen molar-refractivity contribution in [1.29, 1.82) is 0 Å². The number of nitrogens with one attached hydrogen (secondary N) is 1. The molecule has 2 N–H and O–H groups in total. The van der Waals surface area contributed by atoms with Crippen LogP contribution in [0.3, 0.4) is 0 Å². The van der Waals surface area contributed by atoms with Gasteiger partial charge in [-0.3, -0.25) is 9.59 Å². The quantitative estimate of drug-likeness (QED) is 0.587. The van der Waals surface area contributed by atoms with Crippen LogP contribution in [-0.4, -0.2) is 90.3 Å². The van der Waals surface area contributed by atoms with Crippen LogP contribution in [0.5, 0.6) is 0 Å². The summed E-state index contributed by atoms with van der Waals surface area (Å²) < 4.78 is 38.1. The molecule has 0 bridgehead atoms. The highest BCUT2D eigenvalue weighted by molar-refractivity contribution is 7.13. The van der Waals surface area contributed by atoms with Gasteiger partial charge in [0.05, 0.1) is 10.5 Å². The van der Waals surface area contributed by atoms with Crippen LogP contribution in [0.2, 0.25) is 0 Å². The van der Waals surface area contributed by atoms with Crippen LogP contribution in [0.15, 0.2) is 42.5 Å². The molecule has 0 aliphatic carbocycles. The lowest BCUT2D eigenvalue weighted by atomic mass is 9.88. The number of hydrogen-bond donors (Lipinski definition) is 2. The van der Waals surface area contributed by atoms with Gasteiger partial charge in [-0.25, -0.2) is 4.79 Å². The molecule has 4 rings (SSSR count). The summed E-state index contributed by atoms with van der Waals surface area (Å²) in [5.41, 5.74) is 0.843. The standard InChI is InChI=1S/C24H31N3O3S.C2HF3O2/c1-18-8-9-21(31-18)23(29)27-14-11-24(12-15-27)17-26(2)16-20(30-24)22(28)25-13-10-19-6-4-3-5-7-19;3-2(4,5)1(6)7/h3-9,20H,10-17H2,1-2H3,(H,25,28);(H,6,7). The number of benzene rings is 1. The van der Waals surface area contributed by atoms with Crippen molar-refractivity contribution in [3.8, 4) is 0 Å². The summed E-state index contributed by atoms with van der Waals surface area (Å²) in [7, 11) is 2.04. The van der Waals surface area contributed by atoms with Gasteiger partial charge in [0.2, 0.25) is 0 Å². The Labute approximate surface area is 223 Å². The van der Waals surface area contributed by atoms with Gasteiger partial charge in [0.1, 0.15) is 6.10 Å². The van der Waals surface area contributed by atoms with Crippen molar-refractivity contribution in [2.24, 2.45) is 0 Å². The number of halogens is 3. The van der Waals surface area contributed by atoms with Gasteiger partial charge in [-0.2, -0.15) is 13.2 Å². The first-order valence-electron chi connectivity index (χ1n) is 12.2. The highest BCUT2D eigenvalue weighted by Gasteiger charge is 2.44. The average molecular weight is 556 g/mol. The summed E-state index contributed by atoms with van der Waals surface area (Å²) in [6.45, 7) is 5.32. The van der Waals surface area contributed by atoms with Gasteiger partial charge in [-0.1, -0.05) is 30.3 Å². The molecule has 2 amide bonds. The molecule has 12 heteroatoms. The number of alkyl halides is 3. The topological polar surface area (TPSA) is 99.2 Å². The van der Waals surface area contributed by atoms with Crippen molar-refractivity contribution in [3.05, 3.63) is 57.8 Å². The number of nitrogens with zero attached hydrogens (tertiary/aromatic N) is 2. The monoisotopic (exact) mass is 555 g/mol. The summed E-state index contributed by atoms with van der Waals surface area (Å²) in [4.78, 5) is 40.5. The lowest BCUT2D eigenvalue weighted by Crippen LogP contribution is -2.61. The maximum atomic E-state index is 12.8. The molecule has 2 aliphatic heterocycles. The molecule has 3 heterocycles. The van der Waals surface area contributed by atoms with E-state index in [9.17, 15) is 22.8 Å². The second kappa shape index (κ2) is 12.7. The molecule has 208 valence electrons. The van der Waals surface area contributed by atoms with E-state index in [1.165, 1.54) is 5.56 Å². The number of carbonyl (C=O) groups excluding carboxylic acids is 2. The number of carboxylic acid groups (broad SMARTS) is 1. The molecule has 1 aromatic carbocycles. The largest absolute Gasteiger partial charge is 0.490 e. The number of ether oxygens (including phenoxy) is 1. The predicted molar refractivity (Wildman–Crippen MR) is 136 cm³/mol. The summed E-state index contributed by atoms with van der Waals surface area (Å²) in [5, 5.41) is 10.2. The Morgan fingerprint density at radius 1 is 1.13 bits per heavy atom. The summed E-state index contributed by atoms with van der Waals surface area (Å²) >= 11 is 1.54. The number of morpholine rings is 1. The van der Waals surface area contributed by atoms with E-state index in [0.29, 0.717) is 26.2 Å². The Balaban J connectivity index is 0.000000505. The number of aryl methyl sites for hydroxylation is 1. The third-order valence-corrected chi connectivity index (χ3v) is 7.42. The molecule has 2 aromatic rings. The van der Waals surface area contributed by atoms with Gasteiger partial charge in [-0.05, 0) is 50.9 Å². The van der Waals surface area contributed by atoms with Crippen LogP contribution < -0.4 is 5.32 Å². The van der Waals surface area contributed by atoms with Gasteiger partial charge in [0.15, 0.2) is 0 Å². The van der Waals surface area contributed by atoms with Gasteiger partial charge in [0, 0.05) is 37.6 Å². The average Bonchev–Trinajstić information content (AvgIpc) is 3.30. The van der Waals surface area contributed by atoms with Gasteiger partial charge in [0.25, 0.3) is 11.8 Å². The number of likely N-dealkylation sites (tertiary alicyclic amines) is 1. The highest BCUT2D eigenvalue weighted by atomic mass is 32.1. The number of piperidine rings is 1. The van der Waals surface area contributed by atoms with Crippen LogP contribution in [0.25, 0.3) is 0 Å². The lowest BCUT2D eigenvalue weighted by molar-refractivity contribution is -0.192. The van der Waals surface area contributed by atoms with Gasteiger partial charge in [-0.15, -0.1) is 11.3 Å². The molecule has 1 aromatic heterocycles. The summed E-state index contributed by atoms with van der Waals surface area (Å²) in [5.74, 6) is -2.70. The molecule has 8 nitrogen and oxygen atoms in total. The zero-order valence-electron chi connectivity index (χ0n) is 21.3. The maximum absolute atomic E-state index is 12.8. The van der Waals surface area contributed by atoms with Gasteiger partial charge < -0.3 is 25.0 Å². The third-order valence-electron chi connectivity index (χ3n) is 6.43. The van der Waals surface area contributed by atoms with E-state index in [1.54, 1.807) is 11.3 Å². The molecule has 1 atom stereocenters. The lowest BCUT2D eigenvalue weighted by Gasteiger charge is -2.48. The fourth-order valence-electron chi connectivity index (χ4n) is 4.54. The van der Waals surface area contributed by atoms with Crippen molar-refractivity contribution in [3.63, 3.8) is 0 Å². The number of hydrogen-bond acceptors (Lipinski definition) is 6. The maximum Gasteiger partial charge on any atom is 0.490 e. The normalized spacial score (nSPS) is 19.4. The Bertz CT molecular complexity index is 1100. The van der Waals surface area contributed by atoms with Crippen molar-refractivity contribution < 1.29 is 37.4 Å². The fraction of sp³-hybridized carbons (Fsp3) is 0.500. The Kier molecular flexibility index (Phi) is 9.91. The number of likely N-dealkylation sites (N-methyl/N-ethyl adjacent to an activating group) is 1. The van der Waals surface area contributed by atoms with Crippen molar-refractivity contribution >= 4 is 29.1 Å². The van der Waals surface area contributed by atoms with E-state index in [1.807, 2.05) is 49.2 Å². The molecule has 0 saturated carbocycles. The van der Waals surface area contributed by atoms with E-state index in [2.05, 4.69) is 22.3 Å². The predicted octanol–water partition coefficient (Wildman–Crippen LogP) is 3.35. The molecular formula is C26H32F3N3O5S. The van der Waals surface area contributed by atoms with E-state index in [0.717, 1.165) is 35.6 Å². The number of rotatable bonds is 5. The number of amides is 2. The number of thiophene rings is 1. The third kappa shape index (κ3) is 8.27. The van der Waals surface area contributed by atoms with Crippen LogP contribution in [0.4, 0.5) is 13.2 Å². The van der Waals surface area contributed by atoms with Crippen LogP contribution in [0, 0.1) is 6.92 Å². The SMILES string of the molecule is Cc1ccc(C(=O)N2CCC3(CC2)CN(C)CC(C(=O)NCCc2ccccc2)O3)s1.O=C(O)C(F)(F)F. The molecule has 2 saturated heterocycles. The Hall–Kier alpha value is -2.96. The first-order chi connectivity index (χ1) is 17.9.